The molecule has 1 aromatic rings. The normalized spacial score (nSPS) is 11.5. The molecule has 0 amide bonds. The summed E-state index contributed by atoms with van der Waals surface area (Å²) in [6.07, 6.45) is 0. The third-order valence-electron chi connectivity index (χ3n) is 1.77. The van der Waals surface area contributed by atoms with E-state index in [-0.39, 0.29) is 17.4 Å². The molecule has 0 aliphatic carbocycles. The van der Waals surface area contributed by atoms with E-state index in [1.807, 2.05) is 18.2 Å². The summed E-state index contributed by atoms with van der Waals surface area (Å²) in [5.41, 5.74) is 11.1. The van der Waals surface area contributed by atoms with Gasteiger partial charge >= 0.3 is 0 Å². The Balaban J connectivity index is 2.73. The van der Waals surface area contributed by atoms with E-state index in [9.17, 15) is 0 Å². The van der Waals surface area contributed by atoms with Gasteiger partial charge in [0.25, 0.3) is 0 Å². The Morgan fingerprint density at radius 1 is 1.27 bits per heavy atom. The molecule has 0 aliphatic rings. The average Bonchev–Trinajstić information content (AvgIpc) is 2.28. The lowest BCUT2D eigenvalue weighted by atomic mass is 10.3. The van der Waals surface area contributed by atoms with E-state index in [0.717, 1.165) is 0 Å². The van der Waals surface area contributed by atoms with Crippen LogP contribution in [0.1, 0.15) is 0 Å². The van der Waals surface area contributed by atoms with Crippen LogP contribution in [0.3, 0.4) is 0 Å². The maximum Gasteiger partial charge on any atom is 0.238 e. The predicted molar refractivity (Wildman–Crippen MR) is 59.3 cm³/mol. The van der Waals surface area contributed by atoms with Crippen molar-refractivity contribution < 1.29 is 4.74 Å². The molecule has 0 atom stereocenters. The van der Waals surface area contributed by atoms with E-state index in [1.165, 1.54) is 0 Å². The minimum atomic E-state index is -0.173. The van der Waals surface area contributed by atoms with E-state index < -0.39 is 0 Å². The van der Waals surface area contributed by atoms with Crippen LogP contribution >= 0.6 is 0 Å². The molecule has 80 valence electrons. The van der Waals surface area contributed by atoms with Crippen molar-refractivity contribution in [1.29, 1.82) is 5.41 Å². The van der Waals surface area contributed by atoms with Crippen molar-refractivity contribution in [2.24, 2.45) is 11.5 Å². The van der Waals surface area contributed by atoms with Crippen molar-refractivity contribution in [2.75, 3.05) is 7.05 Å². The van der Waals surface area contributed by atoms with Crippen molar-refractivity contribution >= 4 is 5.90 Å². The van der Waals surface area contributed by atoms with Gasteiger partial charge in [0.1, 0.15) is 17.3 Å². The molecule has 0 spiro atoms. The molecule has 0 aliphatic heterocycles. The highest BCUT2D eigenvalue weighted by Gasteiger charge is 2.07. The Hall–Kier alpha value is -2.17. The number of para-hydroxylation sites is 1. The molecule has 0 unspecified atom stereocenters. The molecule has 6 N–H and O–H groups in total. The Labute approximate surface area is 88.2 Å². The fourth-order valence-electron chi connectivity index (χ4n) is 0.918. The minimum absolute atomic E-state index is 0.0846. The van der Waals surface area contributed by atoms with Crippen molar-refractivity contribution in [3.63, 3.8) is 0 Å². The first-order valence-electron chi connectivity index (χ1n) is 4.40. The topological polar surface area (TPSA) is 97.1 Å². The maximum absolute atomic E-state index is 7.54. The first kappa shape index (κ1) is 10.9. The first-order chi connectivity index (χ1) is 7.15. The zero-order valence-electron chi connectivity index (χ0n) is 8.45. The second kappa shape index (κ2) is 4.90. The summed E-state index contributed by atoms with van der Waals surface area (Å²) in [5, 5.41) is 10.2. The zero-order chi connectivity index (χ0) is 11.3. The Kier molecular flexibility index (Phi) is 3.56. The van der Waals surface area contributed by atoms with Gasteiger partial charge in [0.05, 0.1) is 0 Å². The van der Waals surface area contributed by atoms with Gasteiger partial charge < -0.3 is 21.5 Å². The van der Waals surface area contributed by atoms with Crippen LogP contribution in [0.15, 0.2) is 41.8 Å². The average molecular weight is 206 g/mol. The molecule has 0 saturated carbocycles. The molecular weight excluding hydrogens is 192 g/mol. The van der Waals surface area contributed by atoms with Crippen molar-refractivity contribution in [2.45, 2.75) is 0 Å². The smallest absolute Gasteiger partial charge is 0.238 e. The largest absolute Gasteiger partial charge is 0.437 e. The molecule has 0 aromatic heterocycles. The van der Waals surface area contributed by atoms with E-state index in [1.54, 1.807) is 19.2 Å². The monoisotopic (exact) mass is 206 g/mol. The SMILES string of the molecule is CN/C(N)=C(/N)C(=N)Oc1ccccc1. The van der Waals surface area contributed by atoms with Gasteiger partial charge in [-0.1, -0.05) is 18.2 Å². The Morgan fingerprint density at radius 3 is 2.40 bits per heavy atom. The van der Waals surface area contributed by atoms with Crippen LogP contribution in [0.2, 0.25) is 0 Å². The predicted octanol–water partition coefficient (Wildman–Crippen LogP) is 0.349. The van der Waals surface area contributed by atoms with Gasteiger partial charge in [-0.3, -0.25) is 5.41 Å². The highest BCUT2D eigenvalue weighted by molar-refractivity contribution is 5.92. The van der Waals surface area contributed by atoms with Crippen LogP contribution in [0.4, 0.5) is 0 Å². The lowest BCUT2D eigenvalue weighted by Gasteiger charge is -2.09. The van der Waals surface area contributed by atoms with E-state index in [4.69, 9.17) is 21.6 Å². The molecule has 0 heterocycles. The second-order valence-corrected chi connectivity index (χ2v) is 2.82. The van der Waals surface area contributed by atoms with E-state index in [0.29, 0.717) is 5.75 Å². The quantitative estimate of drug-likeness (QED) is 0.423. The third kappa shape index (κ3) is 2.91. The summed E-state index contributed by atoms with van der Waals surface area (Å²) < 4.78 is 5.18. The highest BCUT2D eigenvalue weighted by atomic mass is 16.5. The van der Waals surface area contributed by atoms with E-state index in [2.05, 4.69) is 5.32 Å². The lowest BCUT2D eigenvalue weighted by molar-refractivity contribution is 0.543. The van der Waals surface area contributed by atoms with Gasteiger partial charge in [0, 0.05) is 7.05 Å². The summed E-state index contributed by atoms with van der Waals surface area (Å²) in [6.45, 7) is 0. The summed E-state index contributed by atoms with van der Waals surface area (Å²) in [6, 6.07) is 8.94. The summed E-state index contributed by atoms with van der Waals surface area (Å²) in [4.78, 5) is 0. The molecule has 5 heteroatoms. The second-order valence-electron chi connectivity index (χ2n) is 2.82. The number of rotatable bonds is 3. The van der Waals surface area contributed by atoms with Gasteiger partial charge in [-0.05, 0) is 12.1 Å². The fraction of sp³-hybridized carbons (Fsp3) is 0.100. The van der Waals surface area contributed by atoms with Crippen LogP contribution < -0.4 is 21.5 Å². The van der Waals surface area contributed by atoms with Gasteiger partial charge in [-0.25, -0.2) is 0 Å². The Bertz CT molecular complexity index is 372. The number of hydrogen-bond acceptors (Lipinski definition) is 5. The van der Waals surface area contributed by atoms with Gasteiger partial charge in [0.15, 0.2) is 0 Å². The molecule has 0 saturated heterocycles. The lowest BCUT2D eigenvalue weighted by Crippen LogP contribution is -2.27. The summed E-state index contributed by atoms with van der Waals surface area (Å²) in [7, 11) is 1.62. The van der Waals surface area contributed by atoms with Crippen molar-refractivity contribution in [1.82, 2.24) is 5.32 Å². The number of hydrogen-bond donors (Lipinski definition) is 4. The summed E-state index contributed by atoms with van der Waals surface area (Å²) in [5.74, 6) is 0.596. The number of ether oxygens (including phenoxy) is 1. The van der Waals surface area contributed by atoms with Crippen LogP contribution in [0.25, 0.3) is 0 Å². The Morgan fingerprint density at radius 2 is 1.87 bits per heavy atom. The molecule has 1 aromatic carbocycles. The van der Waals surface area contributed by atoms with Crippen LogP contribution in [0.5, 0.6) is 5.75 Å². The molecule has 15 heavy (non-hydrogen) atoms. The number of benzene rings is 1. The maximum atomic E-state index is 7.54. The zero-order valence-corrected chi connectivity index (χ0v) is 8.45. The van der Waals surface area contributed by atoms with Crippen LogP contribution in [-0.2, 0) is 0 Å². The number of nitrogens with one attached hydrogen (secondary N) is 2. The fourth-order valence-corrected chi connectivity index (χ4v) is 0.918. The molecule has 0 radical (unpaired) electrons. The van der Waals surface area contributed by atoms with Gasteiger partial charge in [-0.2, -0.15) is 0 Å². The molecule has 5 nitrogen and oxygen atoms in total. The van der Waals surface area contributed by atoms with E-state index >= 15 is 0 Å². The molecular formula is C10H14N4O. The van der Waals surface area contributed by atoms with Crippen molar-refractivity contribution in [3.05, 3.63) is 41.8 Å². The third-order valence-corrected chi connectivity index (χ3v) is 1.77. The van der Waals surface area contributed by atoms with Crippen LogP contribution in [-0.4, -0.2) is 12.9 Å². The van der Waals surface area contributed by atoms with Gasteiger partial charge in [0.2, 0.25) is 5.90 Å². The first-order valence-corrected chi connectivity index (χ1v) is 4.40. The van der Waals surface area contributed by atoms with Crippen LogP contribution in [0, 0.1) is 5.41 Å². The number of nitrogens with two attached hydrogens (primary N) is 2. The molecule has 1 rings (SSSR count). The van der Waals surface area contributed by atoms with Crippen molar-refractivity contribution in [3.8, 4) is 5.75 Å². The molecule has 0 bridgehead atoms. The molecule has 0 fully saturated rings. The van der Waals surface area contributed by atoms with Gasteiger partial charge in [-0.15, -0.1) is 0 Å². The summed E-state index contributed by atoms with van der Waals surface area (Å²) >= 11 is 0. The standard InChI is InChI=1S/C10H14N4O/c1-14-9(12)8(11)10(13)15-7-5-3-2-4-6-7/h2-6,13-14H,11-12H2,1H3/b9-8+,13-10?. The minimum Gasteiger partial charge on any atom is -0.437 e. The highest BCUT2D eigenvalue weighted by Crippen LogP contribution is 2.09.